The van der Waals surface area contributed by atoms with E-state index >= 15 is 0 Å². The summed E-state index contributed by atoms with van der Waals surface area (Å²) >= 11 is 0. The van der Waals surface area contributed by atoms with Crippen LogP contribution in [0.25, 0.3) is 10.9 Å². The van der Waals surface area contributed by atoms with Gasteiger partial charge in [-0.3, -0.25) is 10.2 Å². The number of H-pyrrole nitrogens is 1. The highest BCUT2D eigenvalue weighted by atomic mass is 16.3. The zero-order valence-electron chi connectivity index (χ0n) is 11.8. The van der Waals surface area contributed by atoms with E-state index in [1.807, 2.05) is 6.07 Å². The normalized spacial score (nSPS) is 11.2. The average Bonchev–Trinajstić information content (AvgIpc) is 2.57. The molecule has 0 aliphatic carbocycles. The molecule has 2 aromatic carbocycles. The van der Waals surface area contributed by atoms with Crippen LogP contribution in [0.2, 0.25) is 0 Å². The molecule has 0 unspecified atom stereocenters. The van der Waals surface area contributed by atoms with Gasteiger partial charge in [0.2, 0.25) is 5.71 Å². The predicted octanol–water partition coefficient (Wildman–Crippen LogP) is 1.97. The monoisotopic (exact) mass is 305 g/mol. The Labute approximate surface area is 130 Å². The summed E-state index contributed by atoms with van der Waals surface area (Å²) in [6.07, 6.45) is 0. The molecule has 0 atom stereocenters. The van der Waals surface area contributed by atoms with Gasteiger partial charge in [-0.1, -0.05) is 12.1 Å². The fourth-order valence-corrected chi connectivity index (χ4v) is 1.99. The van der Waals surface area contributed by atoms with Gasteiger partial charge in [-0.15, -0.1) is 0 Å². The molecule has 0 saturated heterocycles. The van der Waals surface area contributed by atoms with E-state index < -0.39 is 0 Å². The van der Waals surface area contributed by atoms with Gasteiger partial charge in [-0.2, -0.15) is 10.4 Å². The summed E-state index contributed by atoms with van der Waals surface area (Å²) in [6, 6.07) is 14.9. The maximum Gasteiger partial charge on any atom is 0.259 e. The summed E-state index contributed by atoms with van der Waals surface area (Å²) in [6.45, 7) is 0. The van der Waals surface area contributed by atoms with E-state index in [0.29, 0.717) is 16.6 Å². The van der Waals surface area contributed by atoms with Crippen LogP contribution in [0.15, 0.2) is 58.4 Å². The number of aromatic amines is 1. The van der Waals surface area contributed by atoms with Crippen LogP contribution in [0.1, 0.15) is 5.82 Å². The number of aromatic nitrogens is 2. The number of nitriles is 1. The Balaban J connectivity index is 1.97. The van der Waals surface area contributed by atoms with Crippen molar-refractivity contribution in [1.29, 1.82) is 5.26 Å². The maximum absolute atomic E-state index is 12.0. The van der Waals surface area contributed by atoms with E-state index in [2.05, 4.69) is 20.5 Å². The van der Waals surface area contributed by atoms with Crippen molar-refractivity contribution in [1.82, 2.24) is 9.97 Å². The van der Waals surface area contributed by atoms with Crippen LogP contribution in [-0.4, -0.2) is 20.8 Å². The standard InChI is InChI=1S/C16H11N5O2/c17-9-14(21-20-10-5-7-11(22)8-6-10)15-18-13-4-2-1-3-12(13)16(23)19-15/h1-8,20,22H,(H,18,19,23)/b21-14-. The third-order valence-electron chi connectivity index (χ3n) is 3.11. The van der Waals surface area contributed by atoms with Gasteiger partial charge in [-0.25, -0.2) is 4.98 Å². The van der Waals surface area contributed by atoms with Crippen LogP contribution in [0.5, 0.6) is 5.75 Å². The molecule has 0 aliphatic rings. The topological polar surface area (TPSA) is 114 Å². The molecule has 1 aromatic heterocycles. The highest BCUT2D eigenvalue weighted by Gasteiger charge is 2.09. The molecular weight excluding hydrogens is 294 g/mol. The number of nitrogens with one attached hydrogen (secondary N) is 2. The molecule has 3 rings (SSSR count). The summed E-state index contributed by atoms with van der Waals surface area (Å²) in [5, 5.41) is 22.9. The summed E-state index contributed by atoms with van der Waals surface area (Å²) in [7, 11) is 0. The first-order valence-electron chi connectivity index (χ1n) is 6.69. The first-order valence-corrected chi connectivity index (χ1v) is 6.69. The van der Waals surface area contributed by atoms with Crippen LogP contribution in [0.3, 0.4) is 0 Å². The Bertz CT molecular complexity index is 984. The first-order chi connectivity index (χ1) is 11.2. The van der Waals surface area contributed by atoms with Crippen LogP contribution in [0.4, 0.5) is 5.69 Å². The number of anilines is 1. The molecule has 3 aromatic rings. The summed E-state index contributed by atoms with van der Waals surface area (Å²) in [5.74, 6) is 0.211. The molecule has 0 spiro atoms. The largest absolute Gasteiger partial charge is 0.508 e. The Kier molecular flexibility index (Phi) is 3.72. The smallest absolute Gasteiger partial charge is 0.259 e. The van der Waals surface area contributed by atoms with Gasteiger partial charge in [0.1, 0.15) is 11.8 Å². The lowest BCUT2D eigenvalue weighted by atomic mass is 10.2. The van der Waals surface area contributed by atoms with E-state index in [-0.39, 0.29) is 22.8 Å². The van der Waals surface area contributed by atoms with Gasteiger partial charge in [0, 0.05) is 0 Å². The minimum absolute atomic E-state index is 0.0547. The maximum atomic E-state index is 12.0. The van der Waals surface area contributed by atoms with Crippen molar-refractivity contribution < 1.29 is 5.11 Å². The lowest BCUT2D eigenvalue weighted by Gasteiger charge is -2.03. The van der Waals surface area contributed by atoms with Gasteiger partial charge in [0.15, 0.2) is 5.82 Å². The fraction of sp³-hybridized carbons (Fsp3) is 0. The Morgan fingerprint density at radius 3 is 2.70 bits per heavy atom. The van der Waals surface area contributed by atoms with Crippen molar-refractivity contribution in [3.63, 3.8) is 0 Å². The van der Waals surface area contributed by atoms with E-state index in [0.717, 1.165) is 0 Å². The minimum atomic E-state index is -0.335. The molecule has 3 N–H and O–H groups in total. The highest BCUT2D eigenvalue weighted by Crippen LogP contribution is 2.13. The number of aromatic hydroxyl groups is 1. The van der Waals surface area contributed by atoms with Gasteiger partial charge < -0.3 is 10.1 Å². The number of nitrogens with zero attached hydrogens (tertiary/aromatic N) is 3. The van der Waals surface area contributed by atoms with Crippen LogP contribution < -0.4 is 11.0 Å². The van der Waals surface area contributed by atoms with Crippen LogP contribution in [-0.2, 0) is 0 Å². The second-order valence-corrected chi connectivity index (χ2v) is 4.66. The third kappa shape index (κ3) is 3.01. The fourth-order valence-electron chi connectivity index (χ4n) is 1.99. The van der Waals surface area contributed by atoms with E-state index in [1.54, 1.807) is 36.4 Å². The molecular formula is C16H11N5O2. The number of rotatable bonds is 3. The zero-order valence-corrected chi connectivity index (χ0v) is 11.8. The van der Waals surface area contributed by atoms with Crippen molar-refractivity contribution in [3.05, 3.63) is 64.7 Å². The zero-order chi connectivity index (χ0) is 16.2. The molecule has 23 heavy (non-hydrogen) atoms. The second kappa shape index (κ2) is 5.99. The first kappa shape index (κ1) is 14.3. The van der Waals surface area contributed by atoms with Crippen molar-refractivity contribution in [2.75, 3.05) is 5.43 Å². The molecule has 0 amide bonds. The van der Waals surface area contributed by atoms with E-state index in [9.17, 15) is 15.2 Å². The summed E-state index contributed by atoms with van der Waals surface area (Å²) in [4.78, 5) is 18.8. The van der Waals surface area contributed by atoms with Crippen molar-refractivity contribution in [2.24, 2.45) is 5.10 Å². The molecule has 112 valence electrons. The SMILES string of the molecule is N#C/C(=N/Nc1ccc(O)cc1)c1nc2ccccc2c(=O)[nH]1. The van der Waals surface area contributed by atoms with Gasteiger partial charge >= 0.3 is 0 Å². The Morgan fingerprint density at radius 2 is 1.96 bits per heavy atom. The van der Waals surface area contributed by atoms with Crippen LogP contribution >= 0.6 is 0 Å². The lowest BCUT2D eigenvalue weighted by molar-refractivity contribution is 0.475. The molecule has 0 aliphatic heterocycles. The van der Waals surface area contributed by atoms with E-state index in [4.69, 9.17) is 0 Å². The molecule has 0 radical (unpaired) electrons. The Morgan fingerprint density at radius 1 is 1.22 bits per heavy atom. The van der Waals surface area contributed by atoms with Gasteiger partial charge in [0.25, 0.3) is 5.56 Å². The highest BCUT2D eigenvalue weighted by molar-refractivity contribution is 6.10. The van der Waals surface area contributed by atoms with Crippen molar-refractivity contribution in [3.8, 4) is 11.8 Å². The molecule has 1 heterocycles. The van der Waals surface area contributed by atoms with E-state index in [1.165, 1.54) is 12.1 Å². The molecule has 7 heteroatoms. The summed E-state index contributed by atoms with van der Waals surface area (Å²) < 4.78 is 0. The lowest BCUT2D eigenvalue weighted by Crippen LogP contribution is -2.16. The number of phenols is 1. The number of hydrazone groups is 1. The molecule has 7 nitrogen and oxygen atoms in total. The second-order valence-electron chi connectivity index (χ2n) is 4.66. The van der Waals surface area contributed by atoms with Gasteiger partial charge in [0.05, 0.1) is 16.6 Å². The number of benzene rings is 2. The molecule has 0 saturated carbocycles. The minimum Gasteiger partial charge on any atom is -0.508 e. The number of hydrogen-bond acceptors (Lipinski definition) is 6. The molecule has 0 bridgehead atoms. The predicted molar refractivity (Wildman–Crippen MR) is 86.2 cm³/mol. The van der Waals surface area contributed by atoms with Crippen molar-refractivity contribution in [2.45, 2.75) is 0 Å². The average molecular weight is 305 g/mol. The van der Waals surface area contributed by atoms with Gasteiger partial charge in [-0.05, 0) is 36.4 Å². The number of phenolic OH excluding ortho intramolecular Hbond substituents is 1. The Hall–Kier alpha value is -3.66. The number of para-hydroxylation sites is 1. The molecule has 0 fully saturated rings. The number of hydrogen-bond donors (Lipinski definition) is 3. The quantitative estimate of drug-likeness (QED) is 0.389. The number of fused-ring (bicyclic) bond motifs is 1. The van der Waals surface area contributed by atoms with Crippen molar-refractivity contribution >= 4 is 22.3 Å². The third-order valence-corrected chi connectivity index (χ3v) is 3.11. The van der Waals surface area contributed by atoms with Crippen LogP contribution in [0, 0.1) is 11.3 Å². The summed E-state index contributed by atoms with van der Waals surface area (Å²) in [5.41, 5.74) is 3.36.